The maximum Gasteiger partial charge on any atom is 0.0612 e. The highest BCUT2D eigenvalue weighted by molar-refractivity contribution is 4.80. The van der Waals surface area contributed by atoms with Gasteiger partial charge in [-0.05, 0) is 25.7 Å². The fraction of sp³-hybridized carbons (Fsp3) is 0.667. The van der Waals surface area contributed by atoms with Gasteiger partial charge in [0.05, 0.1) is 6.61 Å². The largest absolute Gasteiger partial charge is 0.392 e. The summed E-state index contributed by atoms with van der Waals surface area (Å²) in [5.74, 6) is 0. The van der Waals surface area contributed by atoms with Crippen molar-refractivity contribution in [2.75, 3.05) is 6.61 Å². The summed E-state index contributed by atoms with van der Waals surface area (Å²) in [6.07, 6.45) is 14.7. The van der Waals surface area contributed by atoms with Crippen LogP contribution in [-0.4, -0.2) is 11.7 Å². The predicted molar refractivity (Wildman–Crippen MR) is 58.7 cm³/mol. The Hall–Kier alpha value is -0.560. The van der Waals surface area contributed by atoms with Gasteiger partial charge < -0.3 is 5.11 Å². The van der Waals surface area contributed by atoms with Crippen LogP contribution in [0.2, 0.25) is 0 Å². The minimum Gasteiger partial charge on any atom is -0.392 e. The summed E-state index contributed by atoms with van der Waals surface area (Å²) >= 11 is 0. The van der Waals surface area contributed by atoms with E-state index < -0.39 is 0 Å². The zero-order chi connectivity index (χ0) is 9.78. The van der Waals surface area contributed by atoms with Crippen LogP contribution in [0.3, 0.4) is 0 Å². The van der Waals surface area contributed by atoms with E-state index in [-0.39, 0.29) is 6.61 Å². The van der Waals surface area contributed by atoms with Crippen LogP contribution in [0.1, 0.15) is 44.9 Å². The molecule has 0 rings (SSSR count). The van der Waals surface area contributed by atoms with Crippen LogP contribution in [0, 0.1) is 0 Å². The van der Waals surface area contributed by atoms with Crippen molar-refractivity contribution in [1.82, 2.24) is 0 Å². The summed E-state index contributed by atoms with van der Waals surface area (Å²) in [6.45, 7) is 3.88. The molecule has 0 unspecified atom stereocenters. The standard InChI is InChI=1S/C12H22O/c1-2-3-4-5-6-7-8-9-10-11-12-13/h2,10-11,13H,1,3-9,12H2. The molecule has 1 N–H and O–H groups in total. The molecule has 0 bridgehead atoms. The summed E-state index contributed by atoms with van der Waals surface area (Å²) in [7, 11) is 0. The van der Waals surface area contributed by atoms with Crippen molar-refractivity contribution in [3.8, 4) is 0 Å². The van der Waals surface area contributed by atoms with Gasteiger partial charge in [-0.25, -0.2) is 0 Å². The fourth-order valence-corrected chi connectivity index (χ4v) is 1.27. The highest BCUT2D eigenvalue weighted by Crippen LogP contribution is 2.07. The van der Waals surface area contributed by atoms with E-state index in [0.717, 1.165) is 12.8 Å². The lowest BCUT2D eigenvalue weighted by atomic mass is 10.1. The van der Waals surface area contributed by atoms with Crippen LogP contribution in [0.15, 0.2) is 24.8 Å². The molecule has 0 radical (unpaired) electrons. The Morgan fingerprint density at radius 2 is 1.46 bits per heavy atom. The summed E-state index contributed by atoms with van der Waals surface area (Å²) in [5.41, 5.74) is 0. The topological polar surface area (TPSA) is 20.2 Å². The van der Waals surface area contributed by atoms with Gasteiger partial charge in [-0.1, -0.05) is 37.5 Å². The molecule has 0 saturated heterocycles. The van der Waals surface area contributed by atoms with Gasteiger partial charge in [0.1, 0.15) is 0 Å². The Labute approximate surface area is 82.2 Å². The third-order valence-corrected chi connectivity index (χ3v) is 2.05. The molecule has 0 aliphatic carbocycles. The molecular formula is C12H22O. The van der Waals surface area contributed by atoms with E-state index in [1.165, 1.54) is 32.1 Å². The van der Waals surface area contributed by atoms with Crippen LogP contribution >= 0.6 is 0 Å². The second-order valence-electron chi connectivity index (χ2n) is 3.29. The number of aliphatic hydroxyl groups excluding tert-OH is 1. The number of hydrogen-bond donors (Lipinski definition) is 1. The molecule has 0 amide bonds. The maximum atomic E-state index is 8.47. The molecule has 0 fully saturated rings. The lowest BCUT2D eigenvalue weighted by Gasteiger charge is -1.97. The molecule has 0 atom stereocenters. The summed E-state index contributed by atoms with van der Waals surface area (Å²) in [5, 5.41) is 8.47. The predicted octanol–water partition coefficient (Wildman–Crippen LogP) is 3.45. The van der Waals surface area contributed by atoms with Crippen molar-refractivity contribution in [2.45, 2.75) is 44.9 Å². The first-order valence-corrected chi connectivity index (χ1v) is 5.28. The highest BCUT2D eigenvalue weighted by Gasteiger charge is 1.87. The molecule has 76 valence electrons. The molecule has 0 aromatic rings. The molecular weight excluding hydrogens is 160 g/mol. The summed E-state index contributed by atoms with van der Waals surface area (Å²) in [4.78, 5) is 0. The Morgan fingerprint density at radius 3 is 2.08 bits per heavy atom. The average molecular weight is 182 g/mol. The first kappa shape index (κ1) is 12.4. The first-order valence-electron chi connectivity index (χ1n) is 5.28. The van der Waals surface area contributed by atoms with Crippen LogP contribution in [0.25, 0.3) is 0 Å². The van der Waals surface area contributed by atoms with Crippen molar-refractivity contribution in [2.24, 2.45) is 0 Å². The van der Waals surface area contributed by atoms with Crippen LogP contribution < -0.4 is 0 Å². The second-order valence-corrected chi connectivity index (χ2v) is 3.29. The van der Waals surface area contributed by atoms with E-state index in [9.17, 15) is 0 Å². The van der Waals surface area contributed by atoms with Gasteiger partial charge >= 0.3 is 0 Å². The van der Waals surface area contributed by atoms with Crippen LogP contribution in [0.4, 0.5) is 0 Å². The molecule has 0 aromatic heterocycles. The molecule has 0 heterocycles. The number of rotatable bonds is 9. The smallest absolute Gasteiger partial charge is 0.0612 e. The van der Waals surface area contributed by atoms with Crippen molar-refractivity contribution < 1.29 is 5.11 Å². The van der Waals surface area contributed by atoms with Gasteiger partial charge in [-0.2, -0.15) is 0 Å². The number of allylic oxidation sites excluding steroid dienone is 2. The highest BCUT2D eigenvalue weighted by atomic mass is 16.2. The Bertz CT molecular complexity index is 127. The van der Waals surface area contributed by atoms with E-state index >= 15 is 0 Å². The Morgan fingerprint density at radius 1 is 0.846 bits per heavy atom. The molecule has 0 saturated carbocycles. The SMILES string of the molecule is C=CCCCCCCCC=CCO. The molecule has 0 aliphatic heterocycles. The van der Waals surface area contributed by atoms with Gasteiger partial charge in [0.2, 0.25) is 0 Å². The van der Waals surface area contributed by atoms with Gasteiger partial charge in [-0.15, -0.1) is 6.58 Å². The normalized spacial score (nSPS) is 10.8. The van der Waals surface area contributed by atoms with Gasteiger partial charge in [0.15, 0.2) is 0 Å². The lowest BCUT2D eigenvalue weighted by Crippen LogP contribution is -1.78. The van der Waals surface area contributed by atoms with Crippen LogP contribution in [-0.2, 0) is 0 Å². The summed E-state index contributed by atoms with van der Waals surface area (Å²) in [6, 6.07) is 0. The number of hydrogen-bond acceptors (Lipinski definition) is 1. The zero-order valence-electron chi connectivity index (χ0n) is 8.54. The van der Waals surface area contributed by atoms with Gasteiger partial charge in [0.25, 0.3) is 0 Å². The van der Waals surface area contributed by atoms with E-state index in [0.29, 0.717) is 0 Å². The molecule has 13 heavy (non-hydrogen) atoms. The third-order valence-electron chi connectivity index (χ3n) is 2.05. The molecule has 1 heteroatoms. The molecule has 0 aromatic carbocycles. The van der Waals surface area contributed by atoms with Crippen molar-refractivity contribution in [3.63, 3.8) is 0 Å². The fourth-order valence-electron chi connectivity index (χ4n) is 1.27. The van der Waals surface area contributed by atoms with E-state index in [4.69, 9.17) is 5.11 Å². The van der Waals surface area contributed by atoms with Crippen molar-refractivity contribution in [3.05, 3.63) is 24.8 Å². The van der Waals surface area contributed by atoms with E-state index in [2.05, 4.69) is 12.7 Å². The zero-order valence-corrected chi connectivity index (χ0v) is 8.54. The Kier molecular flexibility index (Phi) is 10.9. The maximum absolute atomic E-state index is 8.47. The van der Waals surface area contributed by atoms with Crippen LogP contribution in [0.5, 0.6) is 0 Å². The third kappa shape index (κ3) is 11.4. The minimum atomic E-state index is 0.180. The molecule has 0 spiro atoms. The van der Waals surface area contributed by atoms with Crippen molar-refractivity contribution >= 4 is 0 Å². The minimum absolute atomic E-state index is 0.180. The van der Waals surface area contributed by atoms with E-state index in [1.54, 1.807) is 0 Å². The summed E-state index contributed by atoms with van der Waals surface area (Å²) < 4.78 is 0. The molecule has 1 nitrogen and oxygen atoms in total. The molecule has 0 aliphatic rings. The monoisotopic (exact) mass is 182 g/mol. The number of unbranched alkanes of at least 4 members (excludes halogenated alkanes) is 6. The first-order chi connectivity index (χ1) is 6.41. The van der Waals surface area contributed by atoms with Gasteiger partial charge in [-0.3, -0.25) is 0 Å². The lowest BCUT2D eigenvalue weighted by molar-refractivity contribution is 0.342. The van der Waals surface area contributed by atoms with E-state index in [1.807, 2.05) is 12.2 Å². The van der Waals surface area contributed by atoms with Gasteiger partial charge in [0, 0.05) is 0 Å². The quantitative estimate of drug-likeness (QED) is 0.428. The van der Waals surface area contributed by atoms with Crippen molar-refractivity contribution in [1.29, 1.82) is 0 Å². The number of aliphatic hydroxyl groups is 1. The average Bonchev–Trinajstić information content (AvgIpc) is 2.16. The second kappa shape index (κ2) is 11.4. The Balaban J connectivity index is 2.91.